The van der Waals surface area contributed by atoms with E-state index in [0.717, 1.165) is 13.0 Å². The third-order valence-corrected chi connectivity index (χ3v) is 2.32. The highest BCUT2D eigenvalue weighted by Gasteiger charge is 2.35. The number of β-amino-alcohol motifs (C(OH)–C–C–N with tert-alkyl or cyclic N) is 1. The number of aliphatic hydroxyl groups is 1. The van der Waals surface area contributed by atoms with E-state index >= 15 is 0 Å². The summed E-state index contributed by atoms with van der Waals surface area (Å²) in [5, 5.41) is 12.6. The largest absolute Gasteiger partial charge is 0.389 e. The van der Waals surface area contributed by atoms with Crippen LogP contribution in [0, 0.1) is 0 Å². The zero-order chi connectivity index (χ0) is 9.95. The third-order valence-electron chi connectivity index (χ3n) is 2.32. The molecule has 1 rings (SSSR count). The molecule has 1 atom stereocenters. The lowest BCUT2D eigenvalue weighted by Crippen LogP contribution is -2.46. The van der Waals surface area contributed by atoms with Gasteiger partial charge in [0.2, 0.25) is 0 Å². The summed E-state index contributed by atoms with van der Waals surface area (Å²) in [5.41, 5.74) is -1.15. The van der Waals surface area contributed by atoms with Gasteiger partial charge >= 0.3 is 6.18 Å². The smallest absolute Gasteiger partial charge is 0.389 e. The molecule has 5 heteroatoms. The first kappa shape index (κ1) is 10.8. The Hall–Kier alpha value is -0.290. The first-order valence-electron chi connectivity index (χ1n) is 4.41. The van der Waals surface area contributed by atoms with Crippen LogP contribution < -0.4 is 5.32 Å². The van der Waals surface area contributed by atoms with E-state index in [2.05, 4.69) is 5.32 Å². The van der Waals surface area contributed by atoms with Gasteiger partial charge in [-0.25, -0.2) is 0 Å². The second kappa shape index (κ2) is 3.84. The van der Waals surface area contributed by atoms with Crippen LogP contribution in [0.4, 0.5) is 13.2 Å². The molecule has 0 aliphatic carbocycles. The highest BCUT2D eigenvalue weighted by molar-refractivity contribution is 4.85. The summed E-state index contributed by atoms with van der Waals surface area (Å²) in [4.78, 5) is 0. The van der Waals surface area contributed by atoms with Crippen LogP contribution in [-0.2, 0) is 0 Å². The Labute approximate surface area is 75.1 Å². The summed E-state index contributed by atoms with van der Waals surface area (Å²) in [7, 11) is 0. The molecule has 0 radical (unpaired) electrons. The summed E-state index contributed by atoms with van der Waals surface area (Å²) < 4.78 is 35.5. The van der Waals surface area contributed by atoms with Gasteiger partial charge in [-0.3, -0.25) is 0 Å². The minimum atomic E-state index is -4.16. The summed E-state index contributed by atoms with van der Waals surface area (Å²) in [6.07, 6.45) is -4.04. The predicted octanol–water partition coefficient (Wildman–Crippen LogP) is 1.44. The topological polar surface area (TPSA) is 32.3 Å². The molecule has 0 aromatic heterocycles. The van der Waals surface area contributed by atoms with Gasteiger partial charge in [0.25, 0.3) is 0 Å². The Morgan fingerprint density at radius 3 is 2.54 bits per heavy atom. The highest BCUT2D eigenvalue weighted by atomic mass is 19.4. The van der Waals surface area contributed by atoms with Crippen molar-refractivity contribution in [3.05, 3.63) is 0 Å². The molecule has 13 heavy (non-hydrogen) atoms. The van der Waals surface area contributed by atoms with Crippen molar-refractivity contribution in [2.45, 2.75) is 37.5 Å². The number of piperidine rings is 1. The van der Waals surface area contributed by atoms with Crippen LogP contribution in [0.3, 0.4) is 0 Å². The molecule has 2 nitrogen and oxygen atoms in total. The Morgan fingerprint density at radius 2 is 2.08 bits per heavy atom. The van der Waals surface area contributed by atoms with Crippen LogP contribution in [0.5, 0.6) is 0 Å². The molecule has 0 amide bonds. The van der Waals surface area contributed by atoms with Gasteiger partial charge in [0.15, 0.2) is 0 Å². The fraction of sp³-hybridized carbons (Fsp3) is 1.00. The van der Waals surface area contributed by atoms with E-state index in [0.29, 0.717) is 6.42 Å². The SMILES string of the molecule is OC1(CCC(F)(F)F)CCCNC1. The van der Waals surface area contributed by atoms with Crippen molar-refractivity contribution >= 4 is 0 Å². The van der Waals surface area contributed by atoms with E-state index in [1.807, 2.05) is 0 Å². The van der Waals surface area contributed by atoms with Crippen molar-refractivity contribution in [2.75, 3.05) is 13.1 Å². The minimum Gasteiger partial charge on any atom is -0.389 e. The van der Waals surface area contributed by atoms with Gasteiger partial charge in [-0.2, -0.15) is 13.2 Å². The maximum atomic E-state index is 11.8. The Kier molecular flexibility index (Phi) is 3.18. The van der Waals surface area contributed by atoms with E-state index in [1.54, 1.807) is 0 Å². The number of alkyl halides is 3. The third kappa shape index (κ3) is 3.95. The molecule has 0 spiro atoms. The van der Waals surface area contributed by atoms with Crippen molar-refractivity contribution in [1.82, 2.24) is 5.32 Å². The van der Waals surface area contributed by atoms with E-state index in [9.17, 15) is 18.3 Å². The Bertz CT molecular complexity index is 163. The molecular formula is C8H14F3NO. The fourth-order valence-corrected chi connectivity index (χ4v) is 1.54. The normalized spacial score (nSPS) is 30.5. The standard InChI is InChI=1S/C8H14F3NO/c9-8(10,11)4-3-7(13)2-1-5-12-6-7/h12-13H,1-6H2. The van der Waals surface area contributed by atoms with Crippen molar-refractivity contribution < 1.29 is 18.3 Å². The number of halogens is 3. The van der Waals surface area contributed by atoms with Gasteiger partial charge in [-0.05, 0) is 25.8 Å². The molecule has 1 saturated heterocycles. The predicted molar refractivity (Wildman–Crippen MR) is 42.3 cm³/mol. The summed E-state index contributed by atoms with van der Waals surface area (Å²) in [6.45, 7) is 1.07. The number of hydrogen-bond donors (Lipinski definition) is 2. The van der Waals surface area contributed by atoms with Gasteiger partial charge in [0, 0.05) is 13.0 Å². The molecule has 1 heterocycles. The minimum absolute atomic E-state index is 0.191. The molecule has 0 saturated carbocycles. The quantitative estimate of drug-likeness (QED) is 0.702. The molecule has 1 fully saturated rings. The monoisotopic (exact) mass is 197 g/mol. The van der Waals surface area contributed by atoms with Crippen LogP contribution in [-0.4, -0.2) is 30.0 Å². The Balaban J connectivity index is 2.33. The molecule has 0 bridgehead atoms. The van der Waals surface area contributed by atoms with E-state index in [-0.39, 0.29) is 13.0 Å². The van der Waals surface area contributed by atoms with E-state index in [4.69, 9.17) is 0 Å². The average Bonchev–Trinajstić information content (AvgIpc) is 2.02. The molecule has 1 aliphatic heterocycles. The number of rotatable bonds is 2. The first-order chi connectivity index (χ1) is 5.91. The Morgan fingerprint density at radius 1 is 1.38 bits per heavy atom. The average molecular weight is 197 g/mol. The van der Waals surface area contributed by atoms with Crippen LogP contribution in [0.1, 0.15) is 25.7 Å². The number of hydrogen-bond acceptors (Lipinski definition) is 2. The molecule has 0 aromatic carbocycles. The summed E-state index contributed by atoms with van der Waals surface area (Å²) in [5.74, 6) is 0. The zero-order valence-electron chi connectivity index (χ0n) is 7.32. The van der Waals surface area contributed by atoms with Gasteiger partial charge < -0.3 is 10.4 Å². The van der Waals surface area contributed by atoms with Gasteiger partial charge in [-0.1, -0.05) is 0 Å². The van der Waals surface area contributed by atoms with Crippen molar-refractivity contribution in [2.24, 2.45) is 0 Å². The maximum absolute atomic E-state index is 11.8. The first-order valence-corrected chi connectivity index (χ1v) is 4.41. The second-order valence-corrected chi connectivity index (χ2v) is 3.62. The summed E-state index contributed by atoms with van der Waals surface area (Å²) in [6, 6.07) is 0. The van der Waals surface area contributed by atoms with Crippen molar-refractivity contribution in [1.29, 1.82) is 0 Å². The zero-order valence-corrected chi connectivity index (χ0v) is 7.32. The molecular weight excluding hydrogens is 183 g/mol. The van der Waals surface area contributed by atoms with Crippen LogP contribution in [0.25, 0.3) is 0 Å². The highest BCUT2D eigenvalue weighted by Crippen LogP contribution is 2.29. The van der Waals surface area contributed by atoms with Crippen LogP contribution >= 0.6 is 0 Å². The van der Waals surface area contributed by atoms with Gasteiger partial charge in [0.1, 0.15) is 0 Å². The lowest BCUT2D eigenvalue weighted by Gasteiger charge is -2.32. The second-order valence-electron chi connectivity index (χ2n) is 3.62. The van der Waals surface area contributed by atoms with E-state index < -0.39 is 18.2 Å². The lowest BCUT2D eigenvalue weighted by molar-refractivity contribution is -0.148. The molecule has 1 unspecified atom stereocenters. The fourth-order valence-electron chi connectivity index (χ4n) is 1.54. The van der Waals surface area contributed by atoms with Crippen LogP contribution in [0.15, 0.2) is 0 Å². The molecule has 78 valence electrons. The molecule has 2 N–H and O–H groups in total. The van der Waals surface area contributed by atoms with Gasteiger partial charge in [-0.15, -0.1) is 0 Å². The maximum Gasteiger partial charge on any atom is 0.389 e. The van der Waals surface area contributed by atoms with Crippen molar-refractivity contribution in [3.8, 4) is 0 Å². The summed E-state index contributed by atoms with van der Waals surface area (Å²) >= 11 is 0. The lowest BCUT2D eigenvalue weighted by atomic mass is 9.89. The molecule has 1 aliphatic rings. The molecule has 0 aromatic rings. The van der Waals surface area contributed by atoms with Gasteiger partial charge in [0.05, 0.1) is 5.60 Å². The van der Waals surface area contributed by atoms with Crippen LogP contribution in [0.2, 0.25) is 0 Å². The number of nitrogens with one attached hydrogen (secondary N) is 1. The van der Waals surface area contributed by atoms with Crippen molar-refractivity contribution in [3.63, 3.8) is 0 Å². The van der Waals surface area contributed by atoms with E-state index in [1.165, 1.54) is 0 Å².